The highest BCUT2D eigenvalue weighted by molar-refractivity contribution is 9.09. The second-order valence-electron chi connectivity index (χ2n) is 3.28. The van der Waals surface area contributed by atoms with Gasteiger partial charge in [-0.2, -0.15) is 5.10 Å². The van der Waals surface area contributed by atoms with Crippen LogP contribution in [0.3, 0.4) is 0 Å². The second kappa shape index (κ2) is 5.80. The van der Waals surface area contributed by atoms with E-state index < -0.39 is 0 Å². The summed E-state index contributed by atoms with van der Waals surface area (Å²) in [6.45, 7) is 2.81. The maximum Gasteiger partial charge on any atom is 0.254 e. The molecule has 1 aromatic heterocycles. The molecule has 0 radical (unpaired) electrons. The van der Waals surface area contributed by atoms with Crippen LogP contribution < -0.4 is 5.32 Å². The lowest BCUT2D eigenvalue weighted by atomic mass is 10.1. The Morgan fingerprint density at radius 3 is 3.14 bits per heavy atom. The molecule has 1 unspecified atom stereocenters. The van der Waals surface area contributed by atoms with E-state index in [1.165, 1.54) is 6.20 Å². The Bertz CT molecular complexity index is 274. The first-order valence-electron chi connectivity index (χ1n) is 4.57. The molecule has 5 heteroatoms. The average molecular weight is 260 g/mol. The van der Waals surface area contributed by atoms with Crippen LogP contribution in [0.5, 0.6) is 0 Å². The first-order valence-corrected chi connectivity index (χ1v) is 5.69. The van der Waals surface area contributed by atoms with Gasteiger partial charge < -0.3 is 5.32 Å². The van der Waals surface area contributed by atoms with Gasteiger partial charge in [-0.3, -0.25) is 9.89 Å². The minimum atomic E-state index is -0.0693. The molecule has 0 spiro atoms. The maximum atomic E-state index is 11.4. The minimum Gasteiger partial charge on any atom is -0.352 e. The van der Waals surface area contributed by atoms with Gasteiger partial charge in [0.25, 0.3) is 5.91 Å². The van der Waals surface area contributed by atoms with Gasteiger partial charge in [0.2, 0.25) is 0 Å². The van der Waals surface area contributed by atoms with Gasteiger partial charge in [0.05, 0.1) is 11.8 Å². The van der Waals surface area contributed by atoms with Crippen LogP contribution in [0.25, 0.3) is 0 Å². The van der Waals surface area contributed by atoms with E-state index in [-0.39, 0.29) is 5.91 Å². The predicted molar refractivity (Wildman–Crippen MR) is 58.5 cm³/mol. The number of rotatable bonds is 5. The zero-order chi connectivity index (χ0) is 10.4. The Hall–Kier alpha value is -0.840. The van der Waals surface area contributed by atoms with Crippen LogP contribution in [0.1, 0.15) is 23.7 Å². The van der Waals surface area contributed by atoms with Crippen LogP contribution in [-0.4, -0.2) is 28.0 Å². The van der Waals surface area contributed by atoms with Crippen molar-refractivity contribution in [1.29, 1.82) is 0 Å². The molecule has 1 aromatic rings. The number of halogens is 1. The van der Waals surface area contributed by atoms with E-state index in [1.807, 2.05) is 0 Å². The summed E-state index contributed by atoms with van der Waals surface area (Å²) in [5.74, 6) is 0.422. The van der Waals surface area contributed by atoms with E-state index in [4.69, 9.17) is 0 Å². The highest BCUT2D eigenvalue weighted by atomic mass is 79.9. The Kier molecular flexibility index (Phi) is 4.65. The summed E-state index contributed by atoms with van der Waals surface area (Å²) in [5, 5.41) is 10.1. The molecule has 0 aliphatic heterocycles. The van der Waals surface area contributed by atoms with Gasteiger partial charge in [-0.1, -0.05) is 22.9 Å². The van der Waals surface area contributed by atoms with Crippen LogP contribution in [0.15, 0.2) is 12.4 Å². The lowest BCUT2D eigenvalue weighted by Gasteiger charge is -2.09. The third-order valence-electron chi connectivity index (χ3n) is 1.97. The van der Waals surface area contributed by atoms with E-state index in [0.717, 1.165) is 11.8 Å². The molecule has 78 valence electrons. The van der Waals surface area contributed by atoms with Crippen LogP contribution in [0, 0.1) is 5.92 Å². The molecule has 0 aromatic carbocycles. The predicted octanol–water partition coefficient (Wildman–Crippen LogP) is 1.56. The van der Waals surface area contributed by atoms with Gasteiger partial charge in [-0.25, -0.2) is 0 Å². The summed E-state index contributed by atoms with van der Waals surface area (Å²) in [6.07, 6.45) is 4.17. The molecule has 4 nitrogen and oxygen atoms in total. The lowest BCUT2D eigenvalue weighted by molar-refractivity contribution is 0.0948. The summed E-state index contributed by atoms with van der Waals surface area (Å²) in [7, 11) is 0. The number of carbonyl (C=O) groups excluding carboxylic acids is 1. The molecule has 0 bridgehead atoms. The van der Waals surface area contributed by atoms with Crippen LogP contribution in [-0.2, 0) is 0 Å². The van der Waals surface area contributed by atoms with Crippen molar-refractivity contribution < 1.29 is 4.79 Å². The normalized spacial score (nSPS) is 12.4. The van der Waals surface area contributed by atoms with E-state index >= 15 is 0 Å². The number of H-pyrrole nitrogens is 1. The number of carbonyl (C=O) groups is 1. The van der Waals surface area contributed by atoms with Crippen molar-refractivity contribution in [2.45, 2.75) is 13.3 Å². The van der Waals surface area contributed by atoms with Crippen LogP contribution >= 0.6 is 15.9 Å². The number of aromatic amines is 1. The van der Waals surface area contributed by atoms with Gasteiger partial charge >= 0.3 is 0 Å². The minimum absolute atomic E-state index is 0.0693. The van der Waals surface area contributed by atoms with Crippen molar-refractivity contribution in [3.63, 3.8) is 0 Å². The Labute approximate surface area is 91.6 Å². The maximum absolute atomic E-state index is 11.4. The quantitative estimate of drug-likeness (QED) is 0.789. The van der Waals surface area contributed by atoms with Gasteiger partial charge in [-0.05, 0) is 12.3 Å². The van der Waals surface area contributed by atoms with Crippen molar-refractivity contribution in [3.8, 4) is 0 Å². The van der Waals surface area contributed by atoms with Gasteiger partial charge in [0.15, 0.2) is 0 Å². The molecule has 14 heavy (non-hydrogen) atoms. The fourth-order valence-corrected chi connectivity index (χ4v) is 1.81. The summed E-state index contributed by atoms with van der Waals surface area (Å²) in [6, 6.07) is 0. The zero-order valence-electron chi connectivity index (χ0n) is 8.09. The first-order chi connectivity index (χ1) is 6.74. The Morgan fingerprint density at radius 2 is 2.57 bits per heavy atom. The SMILES string of the molecule is CC(CCBr)CNC(=O)c1cn[nH]c1. The number of hydrogen-bond acceptors (Lipinski definition) is 2. The first kappa shape index (κ1) is 11.2. The van der Waals surface area contributed by atoms with Gasteiger partial charge in [0, 0.05) is 18.1 Å². The smallest absolute Gasteiger partial charge is 0.254 e. The van der Waals surface area contributed by atoms with E-state index in [1.54, 1.807) is 6.20 Å². The van der Waals surface area contributed by atoms with Crippen molar-refractivity contribution >= 4 is 21.8 Å². The largest absolute Gasteiger partial charge is 0.352 e. The number of hydrogen-bond donors (Lipinski definition) is 2. The van der Waals surface area contributed by atoms with Crippen LogP contribution in [0.2, 0.25) is 0 Å². The fourth-order valence-electron chi connectivity index (χ4n) is 1.03. The molecule has 1 heterocycles. The molecule has 0 saturated heterocycles. The fraction of sp³-hybridized carbons (Fsp3) is 0.556. The number of aromatic nitrogens is 2. The third kappa shape index (κ3) is 3.49. The summed E-state index contributed by atoms with van der Waals surface area (Å²) < 4.78 is 0. The van der Waals surface area contributed by atoms with Crippen molar-refractivity contribution in [2.24, 2.45) is 5.92 Å². The standard InChI is InChI=1S/C9H14BrN3O/c1-7(2-3-10)4-11-9(14)8-5-12-13-6-8/h5-7H,2-4H2,1H3,(H,11,14)(H,12,13). The molecule has 0 aliphatic rings. The lowest BCUT2D eigenvalue weighted by Crippen LogP contribution is -2.28. The number of nitrogens with zero attached hydrogens (tertiary/aromatic N) is 1. The molecular weight excluding hydrogens is 246 g/mol. The van der Waals surface area contributed by atoms with Crippen molar-refractivity contribution in [3.05, 3.63) is 18.0 Å². The molecular formula is C9H14BrN3O. The Morgan fingerprint density at radius 1 is 1.79 bits per heavy atom. The summed E-state index contributed by atoms with van der Waals surface area (Å²) >= 11 is 3.37. The van der Waals surface area contributed by atoms with Crippen molar-refractivity contribution in [2.75, 3.05) is 11.9 Å². The highest BCUT2D eigenvalue weighted by Gasteiger charge is 2.07. The molecule has 0 fully saturated rings. The van der Waals surface area contributed by atoms with Gasteiger partial charge in [-0.15, -0.1) is 0 Å². The monoisotopic (exact) mass is 259 g/mol. The molecule has 0 aliphatic carbocycles. The zero-order valence-corrected chi connectivity index (χ0v) is 9.67. The van der Waals surface area contributed by atoms with Crippen LogP contribution in [0.4, 0.5) is 0 Å². The number of nitrogens with one attached hydrogen (secondary N) is 2. The molecule has 2 N–H and O–H groups in total. The molecule has 1 amide bonds. The third-order valence-corrected chi connectivity index (χ3v) is 2.43. The molecule has 1 rings (SSSR count). The number of amides is 1. The Balaban J connectivity index is 2.28. The summed E-state index contributed by atoms with van der Waals surface area (Å²) in [5.41, 5.74) is 0.580. The molecule has 1 atom stereocenters. The topological polar surface area (TPSA) is 57.8 Å². The van der Waals surface area contributed by atoms with Crippen molar-refractivity contribution in [1.82, 2.24) is 15.5 Å². The van der Waals surface area contributed by atoms with E-state index in [2.05, 4.69) is 38.4 Å². The van der Waals surface area contributed by atoms with E-state index in [0.29, 0.717) is 18.0 Å². The summed E-state index contributed by atoms with van der Waals surface area (Å²) in [4.78, 5) is 11.4. The average Bonchev–Trinajstić information content (AvgIpc) is 2.67. The van der Waals surface area contributed by atoms with E-state index in [9.17, 15) is 4.79 Å². The van der Waals surface area contributed by atoms with Gasteiger partial charge in [0.1, 0.15) is 0 Å². The number of alkyl halides is 1. The second-order valence-corrected chi connectivity index (χ2v) is 4.07. The highest BCUT2D eigenvalue weighted by Crippen LogP contribution is 2.03. The molecule has 0 saturated carbocycles.